The molecule has 170 valence electrons. The van der Waals surface area contributed by atoms with Gasteiger partial charge >= 0.3 is 6.18 Å². The number of nitro benzene ring substituents is 1. The molecule has 2 aromatic carbocycles. The lowest BCUT2D eigenvalue weighted by Gasteiger charge is -2.26. The first-order valence-electron chi connectivity index (χ1n) is 9.07. The van der Waals surface area contributed by atoms with Crippen LogP contribution in [-0.2, 0) is 14.3 Å². The third-order valence-electron chi connectivity index (χ3n) is 4.44. The van der Waals surface area contributed by atoms with Gasteiger partial charge in [0.1, 0.15) is 5.02 Å². The van der Waals surface area contributed by atoms with Crippen LogP contribution in [0.25, 0.3) is 0 Å². The molecule has 2 atom stereocenters. The number of nitrogens with zero attached hydrogens (tertiary/aromatic N) is 2. The lowest BCUT2D eigenvalue weighted by molar-refractivity contribution is -0.384. The summed E-state index contributed by atoms with van der Waals surface area (Å²) in [5.41, 5.74) is 0.216. The minimum atomic E-state index is -4.84. The largest absolute Gasteiger partial charge is 0.433 e. The number of anilines is 3. The van der Waals surface area contributed by atoms with Crippen LogP contribution < -0.4 is 15.5 Å². The molecule has 32 heavy (non-hydrogen) atoms. The van der Waals surface area contributed by atoms with E-state index in [0.29, 0.717) is 5.69 Å². The zero-order valence-electron chi connectivity index (χ0n) is 16.4. The van der Waals surface area contributed by atoms with Crippen molar-refractivity contribution in [3.05, 3.63) is 57.6 Å². The summed E-state index contributed by atoms with van der Waals surface area (Å²) in [5, 5.41) is 15.5. The second-order valence-electron chi connectivity index (χ2n) is 6.81. The van der Waals surface area contributed by atoms with Gasteiger partial charge in [-0.1, -0.05) is 11.6 Å². The van der Waals surface area contributed by atoms with Gasteiger partial charge in [-0.2, -0.15) is 13.2 Å². The van der Waals surface area contributed by atoms with E-state index in [0.717, 1.165) is 23.1 Å². The highest BCUT2D eigenvalue weighted by Crippen LogP contribution is 2.37. The van der Waals surface area contributed by atoms with Crippen LogP contribution >= 0.6 is 11.6 Å². The molecule has 0 bridgehead atoms. The fourth-order valence-electron chi connectivity index (χ4n) is 3.07. The number of alkyl halides is 3. The van der Waals surface area contributed by atoms with Crippen molar-refractivity contribution in [1.29, 1.82) is 0 Å². The maximum Gasteiger partial charge on any atom is 0.433 e. The molecule has 1 aliphatic rings. The zero-order valence-corrected chi connectivity index (χ0v) is 17.1. The van der Waals surface area contributed by atoms with E-state index in [-0.39, 0.29) is 22.3 Å². The molecule has 0 saturated carbocycles. The van der Waals surface area contributed by atoms with E-state index in [1.54, 1.807) is 0 Å². The van der Waals surface area contributed by atoms with Gasteiger partial charge in [0, 0.05) is 30.1 Å². The maximum absolute atomic E-state index is 13.5. The van der Waals surface area contributed by atoms with E-state index in [1.807, 2.05) is 0 Å². The highest BCUT2D eigenvalue weighted by Gasteiger charge is 2.52. The quantitative estimate of drug-likeness (QED) is 0.503. The van der Waals surface area contributed by atoms with Crippen LogP contribution in [-0.4, -0.2) is 41.8 Å². The first-order valence-corrected chi connectivity index (χ1v) is 9.45. The predicted octanol–water partition coefficient (Wildman–Crippen LogP) is 3.94. The van der Waals surface area contributed by atoms with Crippen molar-refractivity contribution in [3.8, 4) is 0 Å². The molecule has 2 unspecified atom stereocenters. The van der Waals surface area contributed by atoms with Crippen LogP contribution in [0.5, 0.6) is 0 Å². The van der Waals surface area contributed by atoms with E-state index in [2.05, 4.69) is 10.6 Å². The zero-order chi connectivity index (χ0) is 23.6. The number of benzene rings is 2. The average molecular weight is 473 g/mol. The van der Waals surface area contributed by atoms with Crippen molar-refractivity contribution in [2.75, 3.05) is 22.1 Å². The number of carbonyl (C=O) groups excluding carboxylic acids is 2. The lowest BCUT2D eigenvalue weighted by Crippen LogP contribution is -2.42. The van der Waals surface area contributed by atoms with Crippen molar-refractivity contribution in [2.24, 2.45) is 0 Å². The summed E-state index contributed by atoms with van der Waals surface area (Å²) in [6.07, 6.45) is -8.77. The molecule has 1 saturated heterocycles. The normalized spacial score (nSPS) is 18.3. The topological polar surface area (TPSA) is 114 Å². The van der Waals surface area contributed by atoms with Gasteiger partial charge in [0.25, 0.3) is 11.6 Å². The highest BCUT2D eigenvalue weighted by molar-refractivity contribution is 6.32. The Hall–Kier alpha value is -3.38. The number of ether oxygens (including phenoxy) is 1. The summed E-state index contributed by atoms with van der Waals surface area (Å²) in [4.78, 5) is 34.5. The SMILES string of the molecule is CC(=O)Nc1ccc(NC(=O)C2CN(c3ccc([N+](=O)[O-])c(Cl)c3)C(C(F)(F)F)O2)cc1. The molecule has 1 aliphatic heterocycles. The summed E-state index contributed by atoms with van der Waals surface area (Å²) < 4.78 is 45.6. The van der Waals surface area contributed by atoms with Gasteiger partial charge < -0.3 is 20.3 Å². The third-order valence-corrected chi connectivity index (χ3v) is 4.75. The van der Waals surface area contributed by atoms with Gasteiger partial charge in [-0.05, 0) is 36.4 Å². The van der Waals surface area contributed by atoms with E-state index in [9.17, 15) is 32.9 Å². The Morgan fingerprint density at radius 1 is 1.16 bits per heavy atom. The molecular formula is C19H16ClF3N4O5. The van der Waals surface area contributed by atoms with Crippen LogP contribution in [0.15, 0.2) is 42.5 Å². The smallest absolute Gasteiger partial charge is 0.335 e. The second kappa shape index (κ2) is 9.01. The Morgan fingerprint density at radius 3 is 2.25 bits per heavy atom. The standard InChI is InChI=1S/C19H16ClF3N4O5/c1-10(28)24-11-2-4-12(5-3-11)25-17(29)16-9-26(18(32-16)19(21,22)23)13-6-7-15(27(30)31)14(20)8-13/h2-8,16,18H,9H2,1H3,(H,24,28)(H,25,29). The van der Waals surface area contributed by atoms with E-state index >= 15 is 0 Å². The Morgan fingerprint density at radius 2 is 1.75 bits per heavy atom. The van der Waals surface area contributed by atoms with Gasteiger partial charge in [-0.15, -0.1) is 0 Å². The fourth-order valence-corrected chi connectivity index (χ4v) is 3.32. The summed E-state index contributed by atoms with van der Waals surface area (Å²) in [6, 6.07) is 9.05. The number of rotatable bonds is 5. The molecule has 13 heteroatoms. The monoisotopic (exact) mass is 472 g/mol. The molecule has 2 aromatic rings. The molecular weight excluding hydrogens is 457 g/mol. The molecule has 2 amide bonds. The molecule has 1 fully saturated rings. The van der Waals surface area contributed by atoms with Crippen LogP contribution in [0.4, 0.5) is 35.9 Å². The van der Waals surface area contributed by atoms with Crippen LogP contribution in [0.1, 0.15) is 6.92 Å². The first-order chi connectivity index (χ1) is 15.0. The lowest BCUT2D eigenvalue weighted by atomic mass is 10.2. The Kier molecular flexibility index (Phi) is 6.55. The van der Waals surface area contributed by atoms with Crippen molar-refractivity contribution >= 4 is 46.2 Å². The van der Waals surface area contributed by atoms with Crippen molar-refractivity contribution < 1.29 is 32.4 Å². The highest BCUT2D eigenvalue weighted by atomic mass is 35.5. The van der Waals surface area contributed by atoms with Crippen LogP contribution in [0.2, 0.25) is 5.02 Å². The number of nitrogens with one attached hydrogen (secondary N) is 2. The number of amides is 2. The number of carbonyl (C=O) groups is 2. The number of hydrogen-bond donors (Lipinski definition) is 2. The molecule has 0 spiro atoms. The molecule has 0 aliphatic carbocycles. The van der Waals surface area contributed by atoms with Gasteiger partial charge in [0.15, 0.2) is 6.10 Å². The van der Waals surface area contributed by atoms with E-state index in [4.69, 9.17) is 16.3 Å². The second-order valence-corrected chi connectivity index (χ2v) is 7.22. The molecule has 3 rings (SSSR count). The average Bonchev–Trinajstić information content (AvgIpc) is 3.15. The van der Waals surface area contributed by atoms with Crippen LogP contribution in [0.3, 0.4) is 0 Å². The van der Waals surface area contributed by atoms with E-state index in [1.165, 1.54) is 31.2 Å². The summed E-state index contributed by atoms with van der Waals surface area (Å²) in [5.74, 6) is -1.10. The van der Waals surface area contributed by atoms with E-state index < -0.39 is 41.6 Å². The van der Waals surface area contributed by atoms with Crippen LogP contribution in [0, 0.1) is 10.1 Å². The van der Waals surface area contributed by atoms with Gasteiger partial charge in [0.05, 0.1) is 11.5 Å². The Bertz CT molecular complexity index is 1050. The van der Waals surface area contributed by atoms with Gasteiger partial charge in [-0.3, -0.25) is 19.7 Å². The third kappa shape index (κ3) is 5.26. The number of hydrogen-bond acceptors (Lipinski definition) is 6. The number of nitro groups is 1. The molecule has 0 radical (unpaired) electrons. The Balaban J connectivity index is 1.77. The van der Waals surface area contributed by atoms with Gasteiger partial charge in [0.2, 0.25) is 12.1 Å². The molecule has 0 aromatic heterocycles. The predicted molar refractivity (Wildman–Crippen MR) is 110 cm³/mol. The molecule has 2 N–H and O–H groups in total. The maximum atomic E-state index is 13.5. The van der Waals surface area contributed by atoms with Crippen molar-refractivity contribution in [2.45, 2.75) is 25.4 Å². The first kappa shape index (κ1) is 23.3. The fraction of sp³-hybridized carbons (Fsp3) is 0.263. The summed E-state index contributed by atoms with van der Waals surface area (Å²) in [7, 11) is 0. The van der Waals surface area contributed by atoms with Gasteiger partial charge in [-0.25, -0.2) is 0 Å². The van der Waals surface area contributed by atoms with Crippen molar-refractivity contribution in [1.82, 2.24) is 0 Å². The molecule has 9 nitrogen and oxygen atoms in total. The minimum absolute atomic E-state index is 0.0853. The summed E-state index contributed by atoms with van der Waals surface area (Å²) >= 11 is 5.82. The van der Waals surface area contributed by atoms with Crippen molar-refractivity contribution in [3.63, 3.8) is 0 Å². The minimum Gasteiger partial charge on any atom is -0.335 e. The number of halogens is 4. The summed E-state index contributed by atoms with van der Waals surface area (Å²) in [6.45, 7) is 0.863. The molecule has 1 heterocycles. The Labute approximate surface area is 184 Å².